The van der Waals surface area contributed by atoms with Gasteiger partial charge in [-0.05, 0) is 31.0 Å². The topological polar surface area (TPSA) is 67.8 Å². The van der Waals surface area contributed by atoms with Crippen LogP contribution in [-0.2, 0) is 11.4 Å². The minimum Gasteiger partial charge on any atom is -0.493 e. The van der Waals surface area contributed by atoms with Gasteiger partial charge < -0.3 is 19.9 Å². The Balaban J connectivity index is 2.57. The van der Waals surface area contributed by atoms with Crippen molar-refractivity contribution in [3.8, 4) is 11.5 Å². The highest BCUT2D eigenvalue weighted by molar-refractivity contribution is 5.80. The van der Waals surface area contributed by atoms with Gasteiger partial charge in [-0.25, -0.2) is 0 Å². The number of rotatable bonds is 9. The van der Waals surface area contributed by atoms with E-state index in [0.29, 0.717) is 18.0 Å². The molecule has 0 radical (unpaired) electrons. The van der Waals surface area contributed by atoms with Crippen molar-refractivity contribution in [1.82, 2.24) is 5.32 Å². The Kier molecular flexibility index (Phi) is 7.61. The maximum absolute atomic E-state index is 11.9. The van der Waals surface area contributed by atoms with Crippen LogP contribution in [0.25, 0.3) is 0 Å². The number of amides is 1. The van der Waals surface area contributed by atoms with Gasteiger partial charge in [-0.3, -0.25) is 4.79 Å². The van der Waals surface area contributed by atoms with E-state index in [9.17, 15) is 4.79 Å². The minimum atomic E-state index is -0.597. The molecular weight excluding hydrogens is 270 g/mol. The van der Waals surface area contributed by atoms with E-state index >= 15 is 0 Å². The van der Waals surface area contributed by atoms with Crippen molar-refractivity contribution < 1.29 is 19.4 Å². The van der Waals surface area contributed by atoms with Crippen LogP contribution < -0.4 is 14.8 Å². The highest BCUT2D eigenvalue weighted by Gasteiger charge is 2.16. The minimum absolute atomic E-state index is 0.0654. The highest BCUT2D eigenvalue weighted by Crippen LogP contribution is 2.29. The first kappa shape index (κ1) is 17.3. The van der Waals surface area contributed by atoms with Gasteiger partial charge in [0.05, 0.1) is 13.7 Å². The number of aliphatic hydroxyl groups excluding tert-OH is 1. The van der Waals surface area contributed by atoms with Crippen LogP contribution in [0.15, 0.2) is 18.2 Å². The van der Waals surface area contributed by atoms with Gasteiger partial charge in [0, 0.05) is 6.54 Å². The van der Waals surface area contributed by atoms with E-state index in [0.717, 1.165) is 24.8 Å². The second-order valence-electron chi connectivity index (χ2n) is 4.90. The molecule has 1 atom stereocenters. The van der Waals surface area contributed by atoms with E-state index in [4.69, 9.17) is 14.6 Å². The molecule has 1 unspecified atom stereocenters. The molecular formula is C16H25NO4. The largest absolute Gasteiger partial charge is 0.493 e. The average Bonchev–Trinajstić information content (AvgIpc) is 2.51. The van der Waals surface area contributed by atoms with Gasteiger partial charge in [-0.1, -0.05) is 25.8 Å². The molecule has 0 bridgehead atoms. The zero-order valence-electron chi connectivity index (χ0n) is 13.0. The molecule has 0 aromatic heterocycles. The summed E-state index contributed by atoms with van der Waals surface area (Å²) in [6, 6.07) is 5.14. The van der Waals surface area contributed by atoms with Crippen molar-refractivity contribution in [3.63, 3.8) is 0 Å². The van der Waals surface area contributed by atoms with E-state index in [1.807, 2.05) is 0 Å². The first-order chi connectivity index (χ1) is 10.1. The van der Waals surface area contributed by atoms with Crippen LogP contribution in [0.1, 0.15) is 38.7 Å². The fourth-order valence-corrected chi connectivity index (χ4v) is 1.88. The van der Waals surface area contributed by atoms with Crippen LogP contribution in [0.5, 0.6) is 11.5 Å². The van der Waals surface area contributed by atoms with E-state index in [1.54, 1.807) is 25.1 Å². The number of nitrogens with one attached hydrogen (secondary N) is 1. The quantitative estimate of drug-likeness (QED) is 0.686. The number of aliphatic hydroxyl groups is 1. The normalized spacial score (nSPS) is 11.8. The van der Waals surface area contributed by atoms with Crippen LogP contribution in [-0.4, -0.2) is 30.8 Å². The van der Waals surface area contributed by atoms with Gasteiger partial charge in [-0.15, -0.1) is 0 Å². The maximum Gasteiger partial charge on any atom is 0.260 e. The molecule has 0 spiro atoms. The van der Waals surface area contributed by atoms with Gasteiger partial charge in [0.2, 0.25) is 0 Å². The molecule has 1 aromatic carbocycles. The zero-order chi connectivity index (χ0) is 15.7. The number of unbranched alkanes of at least 4 members (excludes halogenated alkanes) is 2. The predicted octanol–water partition coefficient (Wildman–Crippen LogP) is 2.26. The Morgan fingerprint density at radius 3 is 2.71 bits per heavy atom. The smallest absolute Gasteiger partial charge is 0.260 e. The zero-order valence-corrected chi connectivity index (χ0v) is 13.0. The summed E-state index contributed by atoms with van der Waals surface area (Å²) in [4.78, 5) is 11.9. The Hall–Kier alpha value is -1.75. The van der Waals surface area contributed by atoms with Crippen molar-refractivity contribution in [3.05, 3.63) is 23.8 Å². The summed E-state index contributed by atoms with van der Waals surface area (Å²) in [6.07, 6.45) is 2.60. The van der Waals surface area contributed by atoms with Crippen molar-refractivity contribution in [2.24, 2.45) is 0 Å². The lowest BCUT2D eigenvalue weighted by Gasteiger charge is -2.17. The maximum atomic E-state index is 11.9. The summed E-state index contributed by atoms with van der Waals surface area (Å²) in [5.74, 6) is 0.859. The Morgan fingerprint density at radius 1 is 1.33 bits per heavy atom. The molecule has 1 rings (SSSR count). The molecule has 21 heavy (non-hydrogen) atoms. The number of hydrogen-bond acceptors (Lipinski definition) is 4. The lowest BCUT2D eigenvalue weighted by Crippen LogP contribution is -2.36. The molecule has 0 aliphatic carbocycles. The third-order valence-corrected chi connectivity index (χ3v) is 3.16. The number of ether oxygens (including phenoxy) is 2. The van der Waals surface area contributed by atoms with Crippen LogP contribution >= 0.6 is 0 Å². The standard InChI is InChI=1S/C16H25NO4/c1-4-5-6-9-17-16(19)12(2)21-14-8-7-13(11-18)10-15(14)20-3/h7-8,10,12,18H,4-6,9,11H2,1-3H3,(H,17,19). The van der Waals surface area contributed by atoms with Crippen molar-refractivity contribution >= 4 is 5.91 Å². The molecule has 118 valence electrons. The van der Waals surface area contributed by atoms with Gasteiger partial charge in [0.15, 0.2) is 17.6 Å². The number of hydrogen-bond donors (Lipinski definition) is 2. The SMILES string of the molecule is CCCCCNC(=O)C(C)Oc1ccc(CO)cc1OC. The Bertz CT molecular complexity index is 448. The van der Waals surface area contributed by atoms with Crippen molar-refractivity contribution in [1.29, 1.82) is 0 Å². The molecule has 0 saturated heterocycles. The fraction of sp³-hybridized carbons (Fsp3) is 0.562. The summed E-state index contributed by atoms with van der Waals surface area (Å²) >= 11 is 0. The van der Waals surface area contributed by atoms with Gasteiger partial charge >= 0.3 is 0 Å². The molecule has 1 aromatic rings. The first-order valence-corrected chi connectivity index (χ1v) is 7.34. The third-order valence-electron chi connectivity index (χ3n) is 3.16. The molecule has 5 heteroatoms. The molecule has 0 aliphatic heterocycles. The second-order valence-corrected chi connectivity index (χ2v) is 4.90. The lowest BCUT2D eigenvalue weighted by atomic mass is 10.2. The molecule has 0 fully saturated rings. The molecule has 1 amide bonds. The molecule has 0 saturated carbocycles. The van der Waals surface area contributed by atoms with Crippen LogP contribution in [0.3, 0.4) is 0 Å². The van der Waals surface area contributed by atoms with Crippen molar-refractivity contribution in [2.45, 2.75) is 45.8 Å². The summed E-state index contributed by atoms with van der Waals surface area (Å²) in [7, 11) is 1.53. The van der Waals surface area contributed by atoms with Crippen LogP contribution in [0.4, 0.5) is 0 Å². The Morgan fingerprint density at radius 2 is 2.10 bits per heavy atom. The van der Waals surface area contributed by atoms with Gasteiger partial charge in [-0.2, -0.15) is 0 Å². The molecule has 0 aliphatic rings. The second kappa shape index (κ2) is 9.23. The Labute approximate surface area is 126 Å². The fourth-order valence-electron chi connectivity index (χ4n) is 1.88. The number of methoxy groups -OCH3 is 1. The van der Waals surface area contributed by atoms with Crippen LogP contribution in [0.2, 0.25) is 0 Å². The first-order valence-electron chi connectivity index (χ1n) is 7.34. The van der Waals surface area contributed by atoms with E-state index in [-0.39, 0.29) is 12.5 Å². The molecule has 5 nitrogen and oxygen atoms in total. The van der Waals surface area contributed by atoms with Gasteiger partial charge in [0.1, 0.15) is 0 Å². The van der Waals surface area contributed by atoms with Crippen molar-refractivity contribution in [2.75, 3.05) is 13.7 Å². The van der Waals surface area contributed by atoms with Crippen LogP contribution in [0, 0.1) is 0 Å². The summed E-state index contributed by atoms with van der Waals surface area (Å²) in [6.45, 7) is 4.43. The molecule has 0 heterocycles. The lowest BCUT2D eigenvalue weighted by molar-refractivity contribution is -0.127. The summed E-state index contributed by atoms with van der Waals surface area (Å²) in [5.41, 5.74) is 0.732. The average molecular weight is 295 g/mol. The van der Waals surface area contributed by atoms with E-state index in [1.165, 1.54) is 7.11 Å². The monoisotopic (exact) mass is 295 g/mol. The number of carbonyl (C=O) groups is 1. The third kappa shape index (κ3) is 5.63. The summed E-state index contributed by atoms with van der Waals surface area (Å²) < 4.78 is 10.8. The van der Waals surface area contributed by atoms with E-state index < -0.39 is 6.10 Å². The van der Waals surface area contributed by atoms with E-state index in [2.05, 4.69) is 12.2 Å². The van der Waals surface area contributed by atoms with Gasteiger partial charge in [0.25, 0.3) is 5.91 Å². The highest BCUT2D eigenvalue weighted by atomic mass is 16.5. The predicted molar refractivity (Wildman–Crippen MR) is 81.5 cm³/mol. The number of carbonyl (C=O) groups excluding carboxylic acids is 1. The molecule has 2 N–H and O–H groups in total. The summed E-state index contributed by atoms with van der Waals surface area (Å²) in [5, 5.41) is 12.0. The number of benzene rings is 1.